The van der Waals surface area contributed by atoms with Gasteiger partial charge in [0.1, 0.15) is 4.53 Å². The standard InChI is InChI=1S/C25H13Br2ClN4O2S/c26-15-5-3-14(4-6-15)22-29-25-32(30-22)24(34)21(35-25)20-18-11-16(27)7-10-19(18)31(23(20)33)12-13-1-8-17(28)9-2-13/h1-11H,12H2/b21-20-. The second kappa shape index (κ2) is 8.67. The molecule has 6 nitrogen and oxygen atoms in total. The Kier molecular flexibility index (Phi) is 5.60. The molecule has 3 heterocycles. The lowest BCUT2D eigenvalue weighted by atomic mass is 10.1. The van der Waals surface area contributed by atoms with Gasteiger partial charge in [0, 0.05) is 25.1 Å². The van der Waals surface area contributed by atoms with E-state index in [1.54, 1.807) is 17.0 Å². The number of benzene rings is 3. The van der Waals surface area contributed by atoms with Gasteiger partial charge < -0.3 is 4.90 Å². The lowest BCUT2D eigenvalue weighted by Gasteiger charge is -2.17. The van der Waals surface area contributed by atoms with E-state index < -0.39 is 0 Å². The smallest absolute Gasteiger partial charge is 0.291 e. The highest BCUT2D eigenvalue weighted by Crippen LogP contribution is 2.38. The molecule has 0 spiro atoms. The summed E-state index contributed by atoms with van der Waals surface area (Å²) in [6.45, 7) is 0.358. The number of carbonyl (C=O) groups excluding carboxylic acids is 1. The second-order valence-corrected chi connectivity index (χ2v) is 11.2. The topological polar surface area (TPSA) is 67.6 Å². The maximum absolute atomic E-state index is 13.7. The summed E-state index contributed by atoms with van der Waals surface area (Å²) in [5, 5.41) is 5.06. The zero-order valence-corrected chi connectivity index (χ0v) is 22.4. The quantitative estimate of drug-likeness (QED) is 0.266. The molecular weight excluding hydrogens is 616 g/mol. The largest absolute Gasteiger partial charge is 0.303 e. The molecule has 10 heteroatoms. The van der Waals surface area contributed by atoms with Gasteiger partial charge in [-0.25, -0.2) is 0 Å². The monoisotopic (exact) mass is 626 g/mol. The summed E-state index contributed by atoms with van der Waals surface area (Å²) in [6, 6.07) is 20.5. The van der Waals surface area contributed by atoms with E-state index in [4.69, 9.17) is 11.6 Å². The van der Waals surface area contributed by atoms with Crippen LogP contribution in [0.4, 0.5) is 5.69 Å². The van der Waals surface area contributed by atoms with Gasteiger partial charge in [0.2, 0.25) is 4.96 Å². The molecule has 35 heavy (non-hydrogen) atoms. The molecule has 1 amide bonds. The van der Waals surface area contributed by atoms with Gasteiger partial charge in [0.05, 0.1) is 17.8 Å². The van der Waals surface area contributed by atoms with E-state index >= 15 is 0 Å². The van der Waals surface area contributed by atoms with Crippen LogP contribution in [0.15, 0.2) is 80.5 Å². The fourth-order valence-corrected chi connectivity index (χ4v) is 5.81. The maximum Gasteiger partial charge on any atom is 0.291 e. The summed E-state index contributed by atoms with van der Waals surface area (Å²) in [6.07, 6.45) is 0. The van der Waals surface area contributed by atoms with Crippen molar-refractivity contribution in [3.63, 3.8) is 0 Å². The zero-order valence-electron chi connectivity index (χ0n) is 17.7. The minimum atomic E-state index is -0.358. The lowest BCUT2D eigenvalue weighted by Crippen LogP contribution is -2.32. The average molecular weight is 629 g/mol. The number of amides is 1. The molecule has 0 atom stereocenters. The number of thiazole rings is 1. The second-order valence-electron chi connectivity index (χ2n) is 7.93. The van der Waals surface area contributed by atoms with E-state index in [9.17, 15) is 9.59 Å². The lowest BCUT2D eigenvalue weighted by molar-refractivity contribution is -0.113. The van der Waals surface area contributed by atoms with Crippen LogP contribution in [0.5, 0.6) is 0 Å². The highest BCUT2D eigenvalue weighted by atomic mass is 79.9. The number of halogens is 3. The summed E-state index contributed by atoms with van der Waals surface area (Å²) in [5.74, 6) is 0.227. The Labute approximate surface area is 224 Å². The Hall–Kier alpha value is -2.85. The summed E-state index contributed by atoms with van der Waals surface area (Å²) in [5.41, 5.74) is 3.19. The van der Waals surface area contributed by atoms with E-state index in [1.807, 2.05) is 54.6 Å². The Morgan fingerprint density at radius 3 is 2.34 bits per heavy atom. The summed E-state index contributed by atoms with van der Waals surface area (Å²) in [4.78, 5) is 33.8. The van der Waals surface area contributed by atoms with Crippen LogP contribution in [-0.2, 0) is 11.3 Å². The maximum atomic E-state index is 13.7. The van der Waals surface area contributed by atoms with Crippen molar-refractivity contribution in [2.75, 3.05) is 4.90 Å². The molecule has 0 N–H and O–H groups in total. The molecule has 172 valence electrons. The Morgan fingerprint density at radius 1 is 0.914 bits per heavy atom. The van der Waals surface area contributed by atoms with Crippen LogP contribution in [0.3, 0.4) is 0 Å². The number of carbonyl (C=O) groups is 1. The number of hydrogen-bond acceptors (Lipinski definition) is 5. The van der Waals surface area contributed by atoms with Crippen LogP contribution in [0.2, 0.25) is 5.02 Å². The predicted octanol–water partition coefficient (Wildman–Crippen LogP) is 5.46. The highest BCUT2D eigenvalue weighted by molar-refractivity contribution is 9.10. The SMILES string of the molecule is O=C1/C(=c2\sc3nc(-c4ccc(Br)cc4)nn3c2=O)c2cc(Br)ccc2N1Cc1ccc(Cl)cc1. The molecule has 1 aliphatic rings. The number of aromatic nitrogens is 3. The zero-order chi connectivity index (χ0) is 24.3. The highest BCUT2D eigenvalue weighted by Gasteiger charge is 2.34. The molecule has 0 unspecified atom stereocenters. The predicted molar refractivity (Wildman–Crippen MR) is 145 cm³/mol. The minimum Gasteiger partial charge on any atom is -0.303 e. The van der Waals surface area contributed by atoms with Crippen LogP contribution in [0.25, 0.3) is 21.9 Å². The molecule has 0 fully saturated rings. The van der Waals surface area contributed by atoms with Gasteiger partial charge in [0.15, 0.2) is 5.82 Å². The average Bonchev–Trinajstić information content (AvgIpc) is 3.47. The van der Waals surface area contributed by atoms with Crippen LogP contribution in [-0.4, -0.2) is 20.5 Å². The molecule has 0 bridgehead atoms. The third-order valence-corrected chi connectivity index (χ3v) is 8.02. The first kappa shape index (κ1) is 22.6. The van der Waals surface area contributed by atoms with E-state index in [0.717, 1.165) is 25.8 Å². The molecule has 0 aliphatic carbocycles. The molecule has 6 rings (SSSR count). The van der Waals surface area contributed by atoms with Crippen LogP contribution in [0, 0.1) is 0 Å². The van der Waals surface area contributed by atoms with Crippen molar-refractivity contribution in [3.05, 3.63) is 107 Å². The van der Waals surface area contributed by atoms with Crippen molar-refractivity contribution in [2.45, 2.75) is 6.54 Å². The number of fused-ring (bicyclic) bond motifs is 2. The van der Waals surface area contributed by atoms with Crippen LogP contribution in [0.1, 0.15) is 11.1 Å². The molecule has 3 aromatic carbocycles. The van der Waals surface area contributed by atoms with E-state index in [-0.39, 0.29) is 11.5 Å². The fourth-order valence-electron chi connectivity index (χ4n) is 4.06. The van der Waals surface area contributed by atoms with E-state index in [0.29, 0.717) is 38.0 Å². The van der Waals surface area contributed by atoms with Gasteiger partial charge in [0.25, 0.3) is 11.5 Å². The third-order valence-electron chi connectivity index (χ3n) is 5.72. The Balaban J connectivity index is 1.50. The van der Waals surface area contributed by atoms with Crippen molar-refractivity contribution in [1.29, 1.82) is 0 Å². The van der Waals surface area contributed by atoms with Crippen LogP contribution >= 0.6 is 54.8 Å². The van der Waals surface area contributed by atoms with Gasteiger partial charge in [-0.15, -0.1) is 5.10 Å². The first-order chi connectivity index (χ1) is 16.9. The van der Waals surface area contributed by atoms with Crippen molar-refractivity contribution in [2.24, 2.45) is 0 Å². The first-order valence-corrected chi connectivity index (χ1v) is 13.2. The van der Waals surface area contributed by atoms with E-state index in [1.165, 1.54) is 15.9 Å². The summed E-state index contributed by atoms with van der Waals surface area (Å²) < 4.78 is 3.36. The molecule has 0 saturated carbocycles. The van der Waals surface area contributed by atoms with Gasteiger partial charge in [-0.1, -0.05) is 79.1 Å². The molecule has 1 aliphatic heterocycles. The number of anilines is 1. The third kappa shape index (κ3) is 3.92. The normalized spacial score (nSPS) is 14.7. The minimum absolute atomic E-state index is 0.234. The molecular formula is C25H13Br2ClN4O2S. The molecule has 0 saturated heterocycles. The molecule has 0 radical (unpaired) electrons. The molecule has 5 aromatic rings. The first-order valence-electron chi connectivity index (χ1n) is 10.4. The van der Waals surface area contributed by atoms with Gasteiger partial charge in [-0.3, -0.25) is 9.59 Å². The van der Waals surface area contributed by atoms with Crippen molar-refractivity contribution in [1.82, 2.24) is 14.6 Å². The van der Waals surface area contributed by atoms with Gasteiger partial charge >= 0.3 is 0 Å². The van der Waals surface area contributed by atoms with Crippen molar-refractivity contribution in [3.8, 4) is 11.4 Å². The molecule has 2 aromatic heterocycles. The van der Waals surface area contributed by atoms with E-state index in [2.05, 4.69) is 41.9 Å². The number of hydrogen-bond donors (Lipinski definition) is 0. The fraction of sp³-hybridized carbons (Fsp3) is 0.0400. The number of nitrogens with zero attached hydrogens (tertiary/aromatic N) is 4. The van der Waals surface area contributed by atoms with Gasteiger partial charge in [-0.2, -0.15) is 9.50 Å². The van der Waals surface area contributed by atoms with Crippen LogP contribution < -0.4 is 15.0 Å². The van der Waals surface area contributed by atoms with Crippen molar-refractivity contribution >= 4 is 76.9 Å². The van der Waals surface area contributed by atoms with Gasteiger partial charge in [-0.05, 0) is 48.0 Å². The number of rotatable bonds is 3. The Bertz CT molecular complexity index is 1750. The summed E-state index contributed by atoms with van der Waals surface area (Å²) >= 11 is 14.1. The summed E-state index contributed by atoms with van der Waals surface area (Å²) in [7, 11) is 0. The van der Waals surface area contributed by atoms with Crippen molar-refractivity contribution < 1.29 is 4.79 Å². The Morgan fingerprint density at radius 2 is 1.63 bits per heavy atom.